The lowest BCUT2D eigenvalue weighted by atomic mass is 10.3. The van der Waals surface area contributed by atoms with Crippen LogP contribution in [0, 0.1) is 0 Å². The van der Waals surface area contributed by atoms with Crippen molar-refractivity contribution in [3.8, 4) is 5.75 Å². The van der Waals surface area contributed by atoms with E-state index in [0.717, 1.165) is 0 Å². The summed E-state index contributed by atoms with van der Waals surface area (Å²) in [6.07, 6.45) is 0. The SMILES string of the molecule is COC(=O)c1ccc(O)c(N)n1. The molecule has 0 amide bonds. The lowest BCUT2D eigenvalue weighted by Gasteiger charge is -2.00. The molecule has 1 heterocycles. The number of nitrogen functional groups attached to an aromatic ring is 1. The molecule has 5 heteroatoms. The van der Waals surface area contributed by atoms with Crippen molar-refractivity contribution in [2.75, 3.05) is 12.8 Å². The molecular weight excluding hydrogens is 160 g/mol. The van der Waals surface area contributed by atoms with Gasteiger partial charge < -0.3 is 15.6 Å². The summed E-state index contributed by atoms with van der Waals surface area (Å²) in [5.74, 6) is -0.817. The Morgan fingerprint density at radius 3 is 2.83 bits per heavy atom. The summed E-state index contributed by atoms with van der Waals surface area (Å²) in [7, 11) is 1.24. The Morgan fingerprint density at radius 1 is 1.67 bits per heavy atom. The molecule has 5 nitrogen and oxygen atoms in total. The Balaban J connectivity index is 3.05. The van der Waals surface area contributed by atoms with E-state index in [0.29, 0.717) is 0 Å². The van der Waals surface area contributed by atoms with Crippen LogP contribution in [0.2, 0.25) is 0 Å². The fraction of sp³-hybridized carbons (Fsp3) is 0.143. The summed E-state index contributed by atoms with van der Waals surface area (Å²) in [4.78, 5) is 14.5. The fourth-order valence-electron chi connectivity index (χ4n) is 0.686. The number of rotatable bonds is 1. The van der Waals surface area contributed by atoms with Crippen LogP contribution in [0.25, 0.3) is 0 Å². The van der Waals surface area contributed by atoms with Crippen molar-refractivity contribution in [1.82, 2.24) is 4.98 Å². The van der Waals surface area contributed by atoms with Crippen molar-refractivity contribution < 1.29 is 14.6 Å². The number of aromatic hydroxyl groups is 1. The third-order valence-electron chi connectivity index (χ3n) is 1.30. The number of carbonyl (C=O) groups excluding carboxylic acids is 1. The average molecular weight is 168 g/mol. The summed E-state index contributed by atoms with van der Waals surface area (Å²) in [6, 6.07) is 2.62. The molecule has 0 spiro atoms. The number of hydrogen-bond donors (Lipinski definition) is 2. The molecule has 3 N–H and O–H groups in total. The van der Waals surface area contributed by atoms with Gasteiger partial charge in [0.25, 0.3) is 0 Å². The van der Waals surface area contributed by atoms with Gasteiger partial charge in [-0.1, -0.05) is 0 Å². The standard InChI is InChI=1S/C7H8N2O3/c1-12-7(11)4-2-3-5(10)6(8)9-4/h2-3,10H,1H3,(H2,8,9). The summed E-state index contributed by atoms with van der Waals surface area (Å²) in [5.41, 5.74) is 5.32. The van der Waals surface area contributed by atoms with Crippen molar-refractivity contribution >= 4 is 11.8 Å². The lowest BCUT2D eigenvalue weighted by Crippen LogP contribution is -2.05. The van der Waals surface area contributed by atoms with E-state index in [-0.39, 0.29) is 17.3 Å². The Morgan fingerprint density at radius 2 is 2.33 bits per heavy atom. The van der Waals surface area contributed by atoms with E-state index in [1.165, 1.54) is 19.2 Å². The fourth-order valence-corrected chi connectivity index (χ4v) is 0.686. The van der Waals surface area contributed by atoms with E-state index in [4.69, 9.17) is 10.8 Å². The van der Waals surface area contributed by atoms with Gasteiger partial charge in [-0.15, -0.1) is 0 Å². The maximum absolute atomic E-state index is 10.9. The minimum Gasteiger partial charge on any atom is -0.504 e. The number of methoxy groups -OCH3 is 1. The molecule has 0 radical (unpaired) electrons. The first kappa shape index (κ1) is 8.32. The zero-order valence-electron chi connectivity index (χ0n) is 6.44. The normalized spacial score (nSPS) is 9.42. The van der Waals surface area contributed by atoms with Gasteiger partial charge in [0.15, 0.2) is 17.3 Å². The highest BCUT2D eigenvalue weighted by molar-refractivity contribution is 5.87. The number of nitrogens with zero attached hydrogens (tertiary/aromatic N) is 1. The van der Waals surface area contributed by atoms with Gasteiger partial charge in [-0.05, 0) is 12.1 Å². The number of esters is 1. The molecule has 0 atom stereocenters. The second kappa shape index (κ2) is 3.08. The number of ether oxygens (including phenoxy) is 1. The van der Waals surface area contributed by atoms with Crippen LogP contribution in [0.15, 0.2) is 12.1 Å². The number of anilines is 1. The molecule has 64 valence electrons. The van der Waals surface area contributed by atoms with Crippen molar-refractivity contribution in [3.05, 3.63) is 17.8 Å². The molecule has 0 bridgehead atoms. The van der Waals surface area contributed by atoms with Crippen molar-refractivity contribution in [1.29, 1.82) is 0 Å². The smallest absolute Gasteiger partial charge is 0.356 e. The Bertz CT molecular complexity index is 312. The molecule has 0 unspecified atom stereocenters. The summed E-state index contributed by atoms with van der Waals surface area (Å²) in [6.45, 7) is 0. The van der Waals surface area contributed by atoms with Gasteiger partial charge in [0.2, 0.25) is 0 Å². The third kappa shape index (κ3) is 1.45. The second-order valence-corrected chi connectivity index (χ2v) is 2.09. The van der Waals surface area contributed by atoms with Gasteiger partial charge >= 0.3 is 5.97 Å². The van der Waals surface area contributed by atoms with Crippen LogP contribution in [0.1, 0.15) is 10.5 Å². The number of nitrogens with two attached hydrogens (primary N) is 1. The first-order valence-electron chi connectivity index (χ1n) is 3.19. The van der Waals surface area contributed by atoms with Crippen molar-refractivity contribution in [3.63, 3.8) is 0 Å². The van der Waals surface area contributed by atoms with E-state index < -0.39 is 5.97 Å². The highest BCUT2D eigenvalue weighted by Gasteiger charge is 2.08. The predicted molar refractivity (Wildman–Crippen MR) is 41.7 cm³/mol. The monoisotopic (exact) mass is 168 g/mol. The molecule has 0 aromatic carbocycles. The highest BCUT2D eigenvalue weighted by Crippen LogP contribution is 2.16. The molecule has 12 heavy (non-hydrogen) atoms. The van der Waals surface area contributed by atoms with Gasteiger partial charge in [0.1, 0.15) is 0 Å². The molecule has 0 aliphatic rings. The minimum absolute atomic E-state index is 0.0767. The van der Waals surface area contributed by atoms with E-state index in [1.54, 1.807) is 0 Å². The molecule has 0 saturated carbocycles. The van der Waals surface area contributed by atoms with Crippen LogP contribution in [0.3, 0.4) is 0 Å². The topological polar surface area (TPSA) is 85.4 Å². The van der Waals surface area contributed by atoms with Crippen LogP contribution in [-0.4, -0.2) is 23.2 Å². The molecule has 0 aliphatic carbocycles. The Hall–Kier alpha value is -1.78. The largest absolute Gasteiger partial charge is 0.504 e. The number of pyridine rings is 1. The summed E-state index contributed by atoms with van der Waals surface area (Å²) < 4.78 is 4.39. The summed E-state index contributed by atoms with van der Waals surface area (Å²) in [5, 5.41) is 8.96. The first-order valence-corrected chi connectivity index (χ1v) is 3.19. The van der Waals surface area contributed by atoms with Crippen LogP contribution >= 0.6 is 0 Å². The molecule has 0 aliphatic heterocycles. The van der Waals surface area contributed by atoms with Crippen LogP contribution in [0.4, 0.5) is 5.82 Å². The predicted octanol–water partition coefficient (Wildman–Crippen LogP) is 0.156. The zero-order chi connectivity index (χ0) is 9.14. The molecule has 1 aromatic rings. The maximum Gasteiger partial charge on any atom is 0.356 e. The minimum atomic E-state index is -0.582. The second-order valence-electron chi connectivity index (χ2n) is 2.09. The maximum atomic E-state index is 10.9. The summed E-state index contributed by atoms with van der Waals surface area (Å²) >= 11 is 0. The van der Waals surface area contributed by atoms with E-state index in [2.05, 4.69) is 9.72 Å². The lowest BCUT2D eigenvalue weighted by molar-refractivity contribution is 0.0594. The third-order valence-corrected chi connectivity index (χ3v) is 1.30. The van der Waals surface area contributed by atoms with E-state index in [9.17, 15) is 4.79 Å². The molecular formula is C7H8N2O3. The first-order chi connectivity index (χ1) is 5.65. The van der Waals surface area contributed by atoms with E-state index >= 15 is 0 Å². The molecule has 1 aromatic heterocycles. The number of carbonyl (C=O) groups is 1. The quantitative estimate of drug-likeness (QED) is 0.583. The average Bonchev–Trinajstić information content (AvgIpc) is 2.08. The Kier molecular flexibility index (Phi) is 2.14. The molecule has 0 saturated heterocycles. The molecule has 0 fully saturated rings. The van der Waals surface area contributed by atoms with Crippen LogP contribution in [-0.2, 0) is 4.74 Å². The Labute approximate surface area is 68.8 Å². The van der Waals surface area contributed by atoms with Gasteiger partial charge in [-0.25, -0.2) is 9.78 Å². The van der Waals surface area contributed by atoms with Gasteiger partial charge in [-0.2, -0.15) is 0 Å². The van der Waals surface area contributed by atoms with Gasteiger partial charge in [-0.3, -0.25) is 0 Å². The van der Waals surface area contributed by atoms with Crippen LogP contribution < -0.4 is 5.73 Å². The zero-order valence-corrected chi connectivity index (χ0v) is 6.44. The van der Waals surface area contributed by atoms with Gasteiger partial charge in [0.05, 0.1) is 7.11 Å². The van der Waals surface area contributed by atoms with Crippen molar-refractivity contribution in [2.24, 2.45) is 0 Å². The molecule has 1 rings (SSSR count). The number of aromatic nitrogens is 1. The number of hydrogen-bond acceptors (Lipinski definition) is 5. The highest BCUT2D eigenvalue weighted by atomic mass is 16.5. The van der Waals surface area contributed by atoms with Crippen LogP contribution in [0.5, 0.6) is 5.75 Å². The van der Waals surface area contributed by atoms with E-state index in [1.807, 2.05) is 0 Å². The van der Waals surface area contributed by atoms with Crippen molar-refractivity contribution in [2.45, 2.75) is 0 Å². The van der Waals surface area contributed by atoms with Gasteiger partial charge in [0, 0.05) is 0 Å².